The molecule has 1 fully saturated rings. The number of pyridine rings is 1. The Morgan fingerprint density at radius 3 is 2.85 bits per heavy atom. The molecule has 108 valence electrons. The van der Waals surface area contributed by atoms with Gasteiger partial charge in [0.1, 0.15) is 4.90 Å². The number of sulfonamides is 1. The molecule has 1 aliphatic heterocycles. The molecule has 0 radical (unpaired) electrons. The molecule has 1 aliphatic rings. The third kappa shape index (κ3) is 4.02. The van der Waals surface area contributed by atoms with Crippen LogP contribution in [-0.4, -0.2) is 39.2 Å². The van der Waals surface area contributed by atoms with Crippen molar-refractivity contribution in [1.82, 2.24) is 9.71 Å². The van der Waals surface area contributed by atoms with Crippen molar-refractivity contribution >= 4 is 10.0 Å². The summed E-state index contributed by atoms with van der Waals surface area (Å²) < 4.78 is 32.4. The molecular weight excluding hydrogens is 278 g/mol. The normalized spacial score (nSPS) is 16.4. The van der Waals surface area contributed by atoms with E-state index in [1.54, 1.807) is 0 Å². The van der Waals surface area contributed by atoms with Crippen LogP contribution in [0.1, 0.15) is 18.4 Å². The van der Waals surface area contributed by atoms with Gasteiger partial charge in [-0.15, -0.1) is 0 Å². The Hall–Kier alpha value is -1.46. The Kier molecular flexibility index (Phi) is 5.09. The van der Waals surface area contributed by atoms with Crippen LogP contribution in [0.3, 0.4) is 0 Å². The SMILES string of the molecule is NCC#Cc1cncc(S(=O)(=O)NC2CCOCC2)c1. The molecule has 3 N–H and O–H groups in total. The van der Waals surface area contributed by atoms with E-state index in [-0.39, 0.29) is 17.5 Å². The quantitative estimate of drug-likeness (QED) is 0.756. The predicted octanol–water partition coefficient (Wildman–Crippen LogP) is -0.151. The number of aromatic nitrogens is 1. The average Bonchev–Trinajstić information content (AvgIpc) is 2.46. The molecule has 0 atom stereocenters. The van der Waals surface area contributed by atoms with Crippen molar-refractivity contribution in [2.75, 3.05) is 19.8 Å². The Morgan fingerprint density at radius 2 is 2.15 bits per heavy atom. The third-order valence-corrected chi connectivity index (χ3v) is 4.39. The molecule has 1 aromatic heterocycles. The molecule has 0 spiro atoms. The molecule has 2 heterocycles. The minimum absolute atomic E-state index is 0.0902. The van der Waals surface area contributed by atoms with Gasteiger partial charge in [0, 0.05) is 37.2 Å². The summed E-state index contributed by atoms with van der Waals surface area (Å²) in [7, 11) is -3.57. The van der Waals surface area contributed by atoms with Gasteiger partial charge in [-0.05, 0) is 18.9 Å². The maximum Gasteiger partial charge on any atom is 0.242 e. The molecule has 2 rings (SSSR count). The monoisotopic (exact) mass is 295 g/mol. The summed E-state index contributed by atoms with van der Waals surface area (Å²) in [5, 5.41) is 0. The smallest absolute Gasteiger partial charge is 0.242 e. The van der Waals surface area contributed by atoms with Crippen LogP contribution in [0.15, 0.2) is 23.4 Å². The highest BCUT2D eigenvalue weighted by Crippen LogP contribution is 2.13. The topological polar surface area (TPSA) is 94.3 Å². The van der Waals surface area contributed by atoms with Crippen molar-refractivity contribution in [2.24, 2.45) is 5.73 Å². The summed E-state index contributed by atoms with van der Waals surface area (Å²) >= 11 is 0. The largest absolute Gasteiger partial charge is 0.381 e. The number of hydrogen-bond acceptors (Lipinski definition) is 5. The van der Waals surface area contributed by atoms with Crippen molar-refractivity contribution in [1.29, 1.82) is 0 Å². The van der Waals surface area contributed by atoms with Crippen molar-refractivity contribution < 1.29 is 13.2 Å². The lowest BCUT2D eigenvalue weighted by Crippen LogP contribution is -2.38. The summed E-state index contributed by atoms with van der Waals surface area (Å²) in [5.74, 6) is 5.44. The van der Waals surface area contributed by atoms with E-state index in [9.17, 15) is 8.42 Å². The lowest BCUT2D eigenvalue weighted by molar-refractivity contribution is 0.0832. The molecule has 0 aliphatic carbocycles. The molecule has 6 nitrogen and oxygen atoms in total. The van der Waals surface area contributed by atoms with Crippen LogP contribution >= 0.6 is 0 Å². The number of rotatable bonds is 3. The van der Waals surface area contributed by atoms with Crippen LogP contribution in [0.25, 0.3) is 0 Å². The first-order valence-electron chi connectivity index (χ1n) is 6.36. The van der Waals surface area contributed by atoms with Crippen LogP contribution in [0.5, 0.6) is 0 Å². The first-order chi connectivity index (χ1) is 9.62. The summed E-state index contributed by atoms with van der Waals surface area (Å²) in [4.78, 5) is 4.03. The fourth-order valence-corrected chi connectivity index (χ4v) is 3.18. The van der Waals surface area contributed by atoms with Crippen LogP contribution in [-0.2, 0) is 14.8 Å². The van der Waals surface area contributed by atoms with E-state index in [1.807, 2.05) is 0 Å². The van der Waals surface area contributed by atoms with E-state index in [0.717, 1.165) is 0 Å². The maximum atomic E-state index is 12.3. The first-order valence-corrected chi connectivity index (χ1v) is 7.84. The van der Waals surface area contributed by atoms with Crippen molar-refractivity contribution in [3.8, 4) is 11.8 Å². The van der Waals surface area contributed by atoms with Crippen molar-refractivity contribution in [2.45, 2.75) is 23.8 Å². The zero-order chi connectivity index (χ0) is 14.4. The fourth-order valence-electron chi connectivity index (χ4n) is 1.89. The molecular formula is C13H17N3O3S. The second-order valence-electron chi connectivity index (χ2n) is 4.42. The number of nitrogens with zero attached hydrogens (tertiary/aromatic N) is 1. The lowest BCUT2D eigenvalue weighted by atomic mass is 10.1. The summed E-state index contributed by atoms with van der Waals surface area (Å²) in [5.41, 5.74) is 5.82. The molecule has 20 heavy (non-hydrogen) atoms. The van der Waals surface area contributed by atoms with E-state index in [4.69, 9.17) is 10.5 Å². The lowest BCUT2D eigenvalue weighted by Gasteiger charge is -2.22. The average molecular weight is 295 g/mol. The van der Waals surface area contributed by atoms with Gasteiger partial charge in [-0.1, -0.05) is 11.8 Å². The van der Waals surface area contributed by atoms with Crippen LogP contribution in [0.4, 0.5) is 0 Å². The van der Waals surface area contributed by atoms with Gasteiger partial charge in [0.25, 0.3) is 0 Å². The van der Waals surface area contributed by atoms with Gasteiger partial charge in [0.2, 0.25) is 10.0 Å². The summed E-state index contributed by atoms with van der Waals surface area (Å²) in [6, 6.07) is 1.41. The van der Waals surface area contributed by atoms with Crippen LogP contribution in [0.2, 0.25) is 0 Å². The van der Waals surface area contributed by atoms with Crippen molar-refractivity contribution in [3.05, 3.63) is 24.0 Å². The highest BCUT2D eigenvalue weighted by Gasteiger charge is 2.22. The van der Waals surface area contributed by atoms with Gasteiger partial charge < -0.3 is 10.5 Å². The van der Waals surface area contributed by atoms with Crippen LogP contribution < -0.4 is 10.5 Å². The highest BCUT2D eigenvalue weighted by molar-refractivity contribution is 7.89. The Bertz CT molecular complexity index is 613. The van der Waals surface area contributed by atoms with Gasteiger partial charge in [-0.3, -0.25) is 4.98 Å². The first kappa shape index (κ1) is 14.9. The van der Waals surface area contributed by atoms with E-state index in [0.29, 0.717) is 31.6 Å². The maximum absolute atomic E-state index is 12.3. The molecule has 7 heteroatoms. The zero-order valence-electron chi connectivity index (χ0n) is 11.0. The zero-order valence-corrected chi connectivity index (χ0v) is 11.8. The Labute approximate surface area is 118 Å². The molecule has 0 amide bonds. The van der Waals surface area contributed by atoms with Gasteiger partial charge in [-0.2, -0.15) is 0 Å². The predicted molar refractivity (Wildman–Crippen MR) is 74.3 cm³/mol. The van der Waals surface area contributed by atoms with Gasteiger partial charge in [-0.25, -0.2) is 13.1 Å². The number of nitrogens with two attached hydrogens (primary N) is 1. The second-order valence-corrected chi connectivity index (χ2v) is 6.14. The Balaban J connectivity index is 2.16. The molecule has 1 saturated heterocycles. The minimum atomic E-state index is -3.57. The van der Waals surface area contributed by atoms with Gasteiger partial charge >= 0.3 is 0 Å². The standard InChI is InChI=1S/C13H17N3O3S/c14-5-1-2-11-8-13(10-15-9-11)20(17,18)16-12-3-6-19-7-4-12/h8-10,12,16H,3-7,14H2. The van der Waals surface area contributed by atoms with Gasteiger partial charge in [0.15, 0.2) is 0 Å². The number of ether oxygens (including phenoxy) is 1. The molecule has 0 bridgehead atoms. The van der Waals surface area contributed by atoms with Crippen molar-refractivity contribution in [3.63, 3.8) is 0 Å². The minimum Gasteiger partial charge on any atom is -0.381 e. The summed E-state index contributed by atoms with van der Waals surface area (Å²) in [6.45, 7) is 1.37. The highest BCUT2D eigenvalue weighted by atomic mass is 32.2. The van der Waals surface area contributed by atoms with Gasteiger partial charge in [0.05, 0.1) is 6.54 Å². The van der Waals surface area contributed by atoms with E-state index < -0.39 is 10.0 Å². The molecule has 0 saturated carbocycles. The number of hydrogen-bond donors (Lipinski definition) is 2. The molecule has 0 unspecified atom stereocenters. The number of nitrogens with one attached hydrogen (secondary N) is 1. The third-order valence-electron chi connectivity index (χ3n) is 2.90. The Morgan fingerprint density at radius 1 is 1.40 bits per heavy atom. The second kappa shape index (κ2) is 6.81. The van der Waals surface area contributed by atoms with E-state index >= 15 is 0 Å². The molecule has 1 aromatic rings. The van der Waals surface area contributed by atoms with E-state index in [2.05, 4.69) is 21.5 Å². The van der Waals surface area contributed by atoms with E-state index in [1.165, 1.54) is 18.5 Å². The summed E-state index contributed by atoms with van der Waals surface area (Å²) in [6.07, 6.45) is 4.18. The molecule has 0 aromatic carbocycles. The van der Waals surface area contributed by atoms with Crippen LogP contribution in [0, 0.1) is 11.8 Å². The fraction of sp³-hybridized carbons (Fsp3) is 0.462.